The van der Waals surface area contributed by atoms with Crippen LogP contribution >= 0.6 is 11.3 Å². The number of rotatable bonds is 6. The van der Waals surface area contributed by atoms with Crippen LogP contribution < -0.4 is 10.3 Å². The van der Waals surface area contributed by atoms with Gasteiger partial charge in [-0.2, -0.15) is 23.7 Å². The van der Waals surface area contributed by atoms with E-state index in [4.69, 9.17) is 4.74 Å². The first-order valence-corrected chi connectivity index (χ1v) is 11.9. The monoisotopic (exact) mass is 541 g/mol. The van der Waals surface area contributed by atoms with E-state index in [1.54, 1.807) is 31.2 Å². The van der Waals surface area contributed by atoms with Gasteiger partial charge in [-0.25, -0.2) is 8.78 Å². The second-order valence-electron chi connectivity index (χ2n) is 7.97. The molecular formula is C27H16F5N3O2S. The number of thiophene rings is 1. The molecule has 0 saturated carbocycles. The molecule has 11 heteroatoms. The number of hydrogen-bond donors (Lipinski definition) is 0. The van der Waals surface area contributed by atoms with Crippen LogP contribution in [0, 0.1) is 34.3 Å². The van der Waals surface area contributed by atoms with Crippen molar-refractivity contribution in [2.24, 2.45) is 0 Å². The Bertz CT molecular complexity index is 1680. The van der Waals surface area contributed by atoms with E-state index in [-0.39, 0.29) is 21.7 Å². The second kappa shape index (κ2) is 10.5. The van der Waals surface area contributed by atoms with E-state index in [0.29, 0.717) is 34.9 Å². The zero-order valence-corrected chi connectivity index (χ0v) is 20.4. The number of aromatic nitrogens is 1. The van der Waals surface area contributed by atoms with Gasteiger partial charge >= 0.3 is 6.18 Å². The third kappa shape index (κ3) is 5.15. The lowest BCUT2D eigenvalue weighted by Gasteiger charge is -2.17. The molecule has 5 nitrogen and oxygen atoms in total. The molecule has 2 aromatic carbocycles. The molecule has 38 heavy (non-hydrogen) atoms. The summed E-state index contributed by atoms with van der Waals surface area (Å²) in [5, 5.41) is 18.8. The number of hydrogen-bond acceptors (Lipinski definition) is 5. The molecule has 0 aliphatic heterocycles. The van der Waals surface area contributed by atoms with Gasteiger partial charge in [0.1, 0.15) is 35.1 Å². The van der Waals surface area contributed by atoms with Crippen LogP contribution in [0.2, 0.25) is 0 Å². The van der Waals surface area contributed by atoms with Crippen LogP contribution in [0.3, 0.4) is 0 Å². The Labute approximate surface area is 217 Å². The zero-order chi connectivity index (χ0) is 27.6. The fraction of sp³-hybridized carbons (Fsp3) is 0.148. The highest BCUT2D eigenvalue weighted by atomic mass is 32.1. The van der Waals surface area contributed by atoms with E-state index in [9.17, 15) is 37.3 Å². The first-order chi connectivity index (χ1) is 18.1. The van der Waals surface area contributed by atoms with Gasteiger partial charge in [0.2, 0.25) is 0 Å². The molecule has 0 aliphatic rings. The standard InChI is InChI=1S/C27H16F5N3O2S/c1-2-37-23-6-4-15(9-17(23)12-33)24-7-8-25(38-24)22-11-20(27(30,31)32)19(13-34)26(36)35(22)14-16-3-5-18(28)10-21(16)29/h3-11H,2,14H2,1H3. The van der Waals surface area contributed by atoms with Gasteiger partial charge in [-0.15, -0.1) is 11.3 Å². The summed E-state index contributed by atoms with van der Waals surface area (Å²) in [5.74, 6) is -1.47. The minimum atomic E-state index is -5.00. The molecule has 0 saturated heterocycles. The van der Waals surface area contributed by atoms with Crippen molar-refractivity contribution in [1.29, 1.82) is 10.5 Å². The molecule has 2 heterocycles. The summed E-state index contributed by atoms with van der Waals surface area (Å²) in [5.41, 5.74) is -3.31. The van der Waals surface area contributed by atoms with Gasteiger partial charge in [-0.3, -0.25) is 4.79 Å². The molecule has 0 unspecified atom stereocenters. The lowest BCUT2D eigenvalue weighted by Crippen LogP contribution is -2.28. The van der Waals surface area contributed by atoms with Crippen molar-refractivity contribution in [3.63, 3.8) is 0 Å². The Morgan fingerprint density at radius 3 is 2.34 bits per heavy atom. The topological polar surface area (TPSA) is 78.8 Å². The fourth-order valence-electron chi connectivity index (χ4n) is 3.84. The van der Waals surface area contributed by atoms with E-state index in [1.807, 2.05) is 6.07 Å². The summed E-state index contributed by atoms with van der Waals surface area (Å²) in [6, 6.07) is 14.6. The lowest BCUT2D eigenvalue weighted by atomic mass is 10.1. The normalized spacial score (nSPS) is 11.2. The molecule has 4 aromatic rings. The van der Waals surface area contributed by atoms with Crippen LogP contribution in [0.25, 0.3) is 21.0 Å². The molecule has 0 atom stereocenters. The number of ether oxygens (including phenoxy) is 1. The molecule has 2 aromatic heterocycles. The van der Waals surface area contributed by atoms with Gasteiger partial charge in [0.25, 0.3) is 5.56 Å². The third-order valence-corrected chi connectivity index (χ3v) is 6.76. The SMILES string of the molecule is CCOc1ccc(-c2ccc(-c3cc(C(F)(F)F)c(C#N)c(=O)n3Cc3ccc(F)cc3F)s2)cc1C#N. The number of halogens is 5. The summed E-state index contributed by atoms with van der Waals surface area (Å²) in [6.45, 7) is 1.58. The number of nitriles is 2. The quantitative estimate of drug-likeness (QED) is 0.254. The molecule has 192 valence electrons. The summed E-state index contributed by atoms with van der Waals surface area (Å²) in [4.78, 5) is 13.9. The van der Waals surface area contributed by atoms with Gasteiger partial charge in [-0.1, -0.05) is 6.07 Å². The molecule has 0 bridgehead atoms. The molecule has 0 fully saturated rings. The Balaban J connectivity index is 1.90. The minimum absolute atomic E-state index is 0.152. The van der Waals surface area contributed by atoms with Crippen LogP contribution in [0.15, 0.2) is 59.4 Å². The number of nitrogens with zero attached hydrogens (tertiary/aromatic N) is 3. The van der Waals surface area contributed by atoms with E-state index in [1.165, 1.54) is 12.1 Å². The smallest absolute Gasteiger partial charge is 0.417 e. The lowest BCUT2D eigenvalue weighted by molar-refractivity contribution is -0.137. The maximum absolute atomic E-state index is 14.4. The van der Waals surface area contributed by atoms with Crippen molar-refractivity contribution in [3.8, 4) is 38.9 Å². The van der Waals surface area contributed by atoms with Crippen LogP contribution in [0.4, 0.5) is 22.0 Å². The van der Waals surface area contributed by atoms with Crippen LogP contribution in [-0.4, -0.2) is 11.2 Å². The van der Waals surface area contributed by atoms with Crippen LogP contribution in [0.5, 0.6) is 5.75 Å². The Morgan fingerprint density at radius 2 is 1.71 bits per heavy atom. The van der Waals surface area contributed by atoms with E-state index < -0.39 is 41.0 Å². The summed E-state index contributed by atoms with van der Waals surface area (Å²) < 4.78 is 75.5. The highest BCUT2D eigenvalue weighted by Gasteiger charge is 2.36. The van der Waals surface area contributed by atoms with Crippen molar-refractivity contribution < 1.29 is 26.7 Å². The zero-order valence-electron chi connectivity index (χ0n) is 19.6. The van der Waals surface area contributed by atoms with E-state index >= 15 is 0 Å². The van der Waals surface area contributed by atoms with Gasteiger partial charge in [0, 0.05) is 16.5 Å². The molecule has 4 rings (SSSR count). The number of alkyl halides is 3. The van der Waals surface area contributed by atoms with Gasteiger partial charge < -0.3 is 9.30 Å². The van der Waals surface area contributed by atoms with Crippen LogP contribution in [0.1, 0.15) is 29.2 Å². The first kappa shape index (κ1) is 26.6. The van der Waals surface area contributed by atoms with E-state index in [2.05, 4.69) is 0 Å². The summed E-state index contributed by atoms with van der Waals surface area (Å²) in [6.07, 6.45) is -5.00. The highest BCUT2D eigenvalue weighted by Crippen LogP contribution is 2.39. The summed E-state index contributed by atoms with van der Waals surface area (Å²) >= 11 is 1.04. The molecular weight excluding hydrogens is 525 g/mol. The van der Waals surface area contributed by atoms with Crippen molar-refractivity contribution in [1.82, 2.24) is 4.57 Å². The largest absolute Gasteiger partial charge is 0.492 e. The average molecular weight is 542 g/mol. The second-order valence-corrected chi connectivity index (χ2v) is 9.06. The van der Waals surface area contributed by atoms with Crippen molar-refractivity contribution in [2.45, 2.75) is 19.6 Å². The maximum Gasteiger partial charge on any atom is 0.417 e. The molecule has 0 amide bonds. The van der Waals surface area contributed by atoms with Crippen molar-refractivity contribution in [2.75, 3.05) is 6.61 Å². The van der Waals surface area contributed by atoms with Crippen molar-refractivity contribution in [3.05, 3.63) is 98.8 Å². The maximum atomic E-state index is 14.4. The minimum Gasteiger partial charge on any atom is -0.492 e. The Morgan fingerprint density at radius 1 is 0.974 bits per heavy atom. The number of pyridine rings is 1. The number of benzene rings is 2. The molecule has 0 aliphatic carbocycles. The van der Waals surface area contributed by atoms with Crippen molar-refractivity contribution >= 4 is 11.3 Å². The predicted octanol–water partition coefficient (Wildman–Crippen LogP) is 6.73. The van der Waals surface area contributed by atoms with Crippen LogP contribution in [-0.2, 0) is 12.7 Å². The predicted molar refractivity (Wildman–Crippen MR) is 131 cm³/mol. The first-order valence-electron chi connectivity index (χ1n) is 11.0. The Kier molecular flexibility index (Phi) is 7.33. The van der Waals surface area contributed by atoms with Gasteiger partial charge in [0.15, 0.2) is 0 Å². The van der Waals surface area contributed by atoms with E-state index in [0.717, 1.165) is 28.0 Å². The van der Waals surface area contributed by atoms with Gasteiger partial charge in [0.05, 0.1) is 34.8 Å². The fourth-order valence-corrected chi connectivity index (χ4v) is 4.87. The highest BCUT2D eigenvalue weighted by molar-refractivity contribution is 7.18. The molecule has 0 N–H and O–H groups in total. The average Bonchev–Trinajstić information content (AvgIpc) is 3.36. The third-order valence-electron chi connectivity index (χ3n) is 5.60. The summed E-state index contributed by atoms with van der Waals surface area (Å²) in [7, 11) is 0. The molecule has 0 spiro atoms. The Hall–Kier alpha value is -4.48. The molecule has 0 radical (unpaired) electrons. The van der Waals surface area contributed by atoms with Gasteiger partial charge in [-0.05, 0) is 55.0 Å².